The van der Waals surface area contributed by atoms with Crippen LogP contribution < -0.4 is 11.5 Å². The molecule has 0 saturated heterocycles. The summed E-state index contributed by atoms with van der Waals surface area (Å²) in [5.74, 6) is 0.136. The predicted octanol–water partition coefficient (Wildman–Crippen LogP) is 1.11. The molecule has 0 bridgehead atoms. The Hall–Kier alpha value is -2.35. The first-order valence-corrected chi connectivity index (χ1v) is 6.52. The Kier molecular flexibility index (Phi) is 4.14. The lowest BCUT2D eigenvalue weighted by Crippen LogP contribution is -2.15. The van der Waals surface area contributed by atoms with Gasteiger partial charge in [0.15, 0.2) is 17.3 Å². The van der Waals surface area contributed by atoms with Crippen LogP contribution in [0.4, 0.5) is 5.82 Å². The second-order valence-electron chi connectivity index (χ2n) is 3.50. The molecule has 0 fully saturated rings. The standard InChI is InChI=1S/C11H12N6OS/c1-19-8-4-2-7(3-5-8)6-14-15-10(12)9-11(13)17-18-16-9/h2-6H,1H3,(H2,12,15)(H2,13,17)/b14-6+. The Balaban J connectivity index is 2.08. The highest BCUT2D eigenvalue weighted by molar-refractivity contribution is 7.98. The van der Waals surface area contributed by atoms with E-state index in [9.17, 15) is 0 Å². The lowest BCUT2D eigenvalue weighted by molar-refractivity contribution is 0.308. The Labute approximate surface area is 113 Å². The van der Waals surface area contributed by atoms with Crippen molar-refractivity contribution in [2.75, 3.05) is 12.0 Å². The minimum atomic E-state index is 0.0516. The average Bonchev–Trinajstić information content (AvgIpc) is 2.86. The predicted molar refractivity (Wildman–Crippen MR) is 75.3 cm³/mol. The van der Waals surface area contributed by atoms with Crippen LogP contribution in [0, 0.1) is 0 Å². The Morgan fingerprint density at radius 1 is 1.32 bits per heavy atom. The third kappa shape index (κ3) is 3.32. The quantitative estimate of drug-likeness (QED) is 0.374. The average molecular weight is 276 g/mol. The molecular weight excluding hydrogens is 264 g/mol. The third-order valence-electron chi connectivity index (χ3n) is 2.24. The van der Waals surface area contributed by atoms with Crippen LogP contribution >= 0.6 is 11.8 Å². The number of thioether (sulfide) groups is 1. The fourth-order valence-corrected chi connectivity index (χ4v) is 1.68. The van der Waals surface area contributed by atoms with Crippen molar-refractivity contribution in [2.24, 2.45) is 15.9 Å². The van der Waals surface area contributed by atoms with Crippen LogP contribution in [0.3, 0.4) is 0 Å². The zero-order valence-electron chi connectivity index (χ0n) is 10.1. The van der Waals surface area contributed by atoms with E-state index in [4.69, 9.17) is 11.5 Å². The summed E-state index contributed by atoms with van der Waals surface area (Å²) < 4.78 is 4.42. The Morgan fingerprint density at radius 3 is 2.63 bits per heavy atom. The normalized spacial score (nSPS) is 12.2. The zero-order valence-corrected chi connectivity index (χ0v) is 11.0. The van der Waals surface area contributed by atoms with E-state index >= 15 is 0 Å². The highest BCUT2D eigenvalue weighted by Crippen LogP contribution is 2.13. The van der Waals surface area contributed by atoms with Crippen molar-refractivity contribution < 1.29 is 4.63 Å². The van der Waals surface area contributed by atoms with Gasteiger partial charge in [0.2, 0.25) is 0 Å². The van der Waals surface area contributed by atoms with Crippen molar-refractivity contribution in [1.29, 1.82) is 0 Å². The molecule has 0 radical (unpaired) electrons. The highest BCUT2D eigenvalue weighted by Gasteiger charge is 2.09. The largest absolute Gasteiger partial charge is 0.380 e. The van der Waals surface area contributed by atoms with Crippen LogP contribution in [0.25, 0.3) is 0 Å². The smallest absolute Gasteiger partial charge is 0.199 e. The lowest BCUT2D eigenvalue weighted by atomic mass is 10.2. The van der Waals surface area contributed by atoms with Gasteiger partial charge in [0.1, 0.15) is 0 Å². The van der Waals surface area contributed by atoms with E-state index in [0.29, 0.717) is 0 Å². The van der Waals surface area contributed by atoms with E-state index in [-0.39, 0.29) is 17.3 Å². The molecule has 0 atom stereocenters. The van der Waals surface area contributed by atoms with Crippen molar-refractivity contribution in [1.82, 2.24) is 10.3 Å². The van der Waals surface area contributed by atoms with Gasteiger partial charge >= 0.3 is 0 Å². The van der Waals surface area contributed by atoms with Crippen molar-refractivity contribution >= 4 is 29.6 Å². The maximum Gasteiger partial charge on any atom is 0.199 e. The molecule has 1 aromatic heterocycles. The second-order valence-corrected chi connectivity index (χ2v) is 4.38. The van der Waals surface area contributed by atoms with Crippen molar-refractivity contribution in [2.45, 2.75) is 4.90 Å². The number of anilines is 1. The number of nitrogens with two attached hydrogens (primary N) is 2. The molecule has 0 aliphatic carbocycles. The number of hydrogen-bond donors (Lipinski definition) is 2. The van der Waals surface area contributed by atoms with Crippen LogP contribution in [-0.4, -0.2) is 28.6 Å². The minimum absolute atomic E-state index is 0.0516. The summed E-state index contributed by atoms with van der Waals surface area (Å²) >= 11 is 1.67. The summed E-state index contributed by atoms with van der Waals surface area (Å²) in [5.41, 5.74) is 12.2. The molecule has 0 spiro atoms. The van der Waals surface area contributed by atoms with E-state index in [0.717, 1.165) is 5.56 Å². The first-order valence-electron chi connectivity index (χ1n) is 5.29. The molecule has 1 heterocycles. The van der Waals surface area contributed by atoms with Crippen molar-refractivity contribution in [3.05, 3.63) is 35.5 Å². The molecule has 8 heteroatoms. The lowest BCUT2D eigenvalue weighted by Gasteiger charge is -1.95. The van der Waals surface area contributed by atoms with Crippen molar-refractivity contribution in [3.63, 3.8) is 0 Å². The van der Waals surface area contributed by atoms with Gasteiger partial charge in [-0.3, -0.25) is 0 Å². The first-order chi connectivity index (χ1) is 9.20. The second kappa shape index (κ2) is 6.01. The Bertz CT molecular complexity index is 604. The summed E-state index contributed by atoms with van der Waals surface area (Å²) in [6.45, 7) is 0. The van der Waals surface area contributed by atoms with Gasteiger partial charge in [-0.1, -0.05) is 12.1 Å². The van der Waals surface area contributed by atoms with E-state index in [1.165, 1.54) is 4.90 Å². The van der Waals surface area contributed by atoms with Gasteiger partial charge in [0, 0.05) is 4.90 Å². The van der Waals surface area contributed by atoms with Crippen LogP contribution in [0.5, 0.6) is 0 Å². The number of nitrogen functional groups attached to an aromatic ring is 1. The molecule has 0 unspecified atom stereocenters. The maximum atomic E-state index is 5.64. The molecule has 19 heavy (non-hydrogen) atoms. The molecule has 7 nitrogen and oxygen atoms in total. The Morgan fingerprint density at radius 2 is 2.05 bits per heavy atom. The minimum Gasteiger partial charge on any atom is -0.380 e. The van der Waals surface area contributed by atoms with E-state index < -0.39 is 0 Å². The van der Waals surface area contributed by atoms with Gasteiger partial charge in [-0.05, 0) is 34.3 Å². The molecule has 0 aliphatic heterocycles. The number of rotatable bonds is 4. The first kappa shape index (κ1) is 13.1. The van der Waals surface area contributed by atoms with Crippen LogP contribution in [0.1, 0.15) is 11.3 Å². The summed E-state index contributed by atoms with van der Waals surface area (Å²) in [4.78, 5) is 1.18. The topological polar surface area (TPSA) is 116 Å². The number of nitrogens with zero attached hydrogens (tertiary/aromatic N) is 4. The number of benzene rings is 1. The maximum absolute atomic E-state index is 5.64. The summed E-state index contributed by atoms with van der Waals surface area (Å²) in [6, 6.07) is 7.87. The van der Waals surface area contributed by atoms with Gasteiger partial charge in [0.05, 0.1) is 6.21 Å². The molecule has 1 aromatic carbocycles. The van der Waals surface area contributed by atoms with Gasteiger partial charge in [-0.2, -0.15) is 5.10 Å². The summed E-state index contributed by atoms with van der Waals surface area (Å²) in [6.07, 6.45) is 3.60. The molecule has 4 N–H and O–H groups in total. The monoisotopic (exact) mass is 276 g/mol. The molecule has 0 aliphatic rings. The van der Waals surface area contributed by atoms with Gasteiger partial charge < -0.3 is 11.5 Å². The fourth-order valence-electron chi connectivity index (χ4n) is 1.27. The molecule has 0 saturated carbocycles. The summed E-state index contributed by atoms with van der Waals surface area (Å²) in [7, 11) is 0. The van der Waals surface area contributed by atoms with E-state index in [1.807, 2.05) is 30.5 Å². The summed E-state index contributed by atoms with van der Waals surface area (Å²) in [5, 5.41) is 14.6. The van der Waals surface area contributed by atoms with E-state index in [2.05, 4.69) is 25.1 Å². The number of hydrogen-bond acceptors (Lipinski definition) is 7. The fraction of sp³-hybridized carbons (Fsp3) is 0.0909. The zero-order chi connectivity index (χ0) is 13.7. The third-order valence-corrected chi connectivity index (χ3v) is 2.99. The SMILES string of the molecule is CSc1ccc(/C=N/N=C(\N)c2nonc2N)cc1. The van der Waals surface area contributed by atoms with Gasteiger partial charge in [0.25, 0.3) is 0 Å². The highest BCUT2D eigenvalue weighted by atomic mass is 32.2. The van der Waals surface area contributed by atoms with Gasteiger partial charge in [-0.25, -0.2) is 4.63 Å². The van der Waals surface area contributed by atoms with Crippen molar-refractivity contribution in [3.8, 4) is 0 Å². The van der Waals surface area contributed by atoms with E-state index in [1.54, 1.807) is 18.0 Å². The van der Waals surface area contributed by atoms with Crippen LogP contribution in [0.2, 0.25) is 0 Å². The molecule has 0 amide bonds. The number of amidine groups is 1. The number of aromatic nitrogens is 2. The van der Waals surface area contributed by atoms with Crippen LogP contribution in [-0.2, 0) is 0 Å². The molecule has 2 rings (SSSR count). The van der Waals surface area contributed by atoms with Crippen LogP contribution in [0.15, 0.2) is 44.0 Å². The molecule has 2 aromatic rings. The molecular formula is C11H12N6OS. The van der Waals surface area contributed by atoms with Gasteiger partial charge in [-0.15, -0.1) is 16.9 Å². The molecule has 98 valence electrons.